The van der Waals surface area contributed by atoms with Gasteiger partial charge in [-0.05, 0) is 62.4 Å². The summed E-state index contributed by atoms with van der Waals surface area (Å²) in [5.74, 6) is -0.538. The highest BCUT2D eigenvalue weighted by Crippen LogP contribution is 2.42. The largest absolute Gasteiger partial charge is 0.459 e. The number of aryl methyl sites for hydroxylation is 2. The van der Waals surface area contributed by atoms with Crippen LogP contribution in [0.5, 0.6) is 0 Å². The maximum Gasteiger partial charge on any atom is 0.338 e. The van der Waals surface area contributed by atoms with Crippen molar-refractivity contribution in [2.75, 3.05) is 6.61 Å². The van der Waals surface area contributed by atoms with Crippen molar-refractivity contribution in [3.8, 4) is 0 Å². The van der Waals surface area contributed by atoms with Gasteiger partial charge in [-0.1, -0.05) is 59.8 Å². The molecule has 6 rings (SSSR count). The van der Waals surface area contributed by atoms with E-state index in [4.69, 9.17) is 25.8 Å². The predicted octanol–water partition coefficient (Wildman–Crippen LogP) is 6.73. The summed E-state index contributed by atoms with van der Waals surface area (Å²) in [6, 6.07) is 14.4. The zero-order valence-corrected chi connectivity index (χ0v) is 23.8. The first-order chi connectivity index (χ1) is 19.9. The van der Waals surface area contributed by atoms with Crippen molar-refractivity contribution in [2.45, 2.75) is 70.3 Å². The summed E-state index contributed by atoms with van der Waals surface area (Å²) >= 11 is 6.59. The van der Waals surface area contributed by atoms with Crippen molar-refractivity contribution in [2.24, 2.45) is 0 Å². The number of carbonyl (C=O) groups excluding carboxylic acids is 2. The summed E-state index contributed by atoms with van der Waals surface area (Å²) in [5.41, 5.74) is 4.79. The lowest BCUT2D eigenvalue weighted by atomic mass is 9.98. The Labute approximate surface area is 243 Å². The summed E-state index contributed by atoms with van der Waals surface area (Å²) in [6.45, 7) is 3.84. The lowest BCUT2D eigenvalue weighted by Gasteiger charge is -2.19. The van der Waals surface area contributed by atoms with E-state index < -0.39 is 30.4 Å². The van der Waals surface area contributed by atoms with Crippen molar-refractivity contribution >= 4 is 34.6 Å². The Kier molecular flexibility index (Phi) is 7.77. The average molecular weight is 574 g/mol. The third-order valence-electron chi connectivity index (χ3n) is 8.09. The fourth-order valence-corrected chi connectivity index (χ4v) is 6.05. The molecule has 1 saturated heterocycles. The van der Waals surface area contributed by atoms with Gasteiger partial charge in [0.25, 0.3) is 0 Å². The molecule has 41 heavy (non-hydrogen) atoms. The molecular formula is C32H32ClN3O5. The van der Waals surface area contributed by atoms with Crippen molar-refractivity contribution in [3.05, 3.63) is 94.0 Å². The molecule has 0 bridgehead atoms. The first kappa shape index (κ1) is 27.4. The summed E-state index contributed by atoms with van der Waals surface area (Å²) in [4.78, 5) is 34.7. The number of ether oxygens (including phenoxy) is 3. The minimum absolute atomic E-state index is 0.0700. The Morgan fingerprint density at radius 1 is 0.951 bits per heavy atom. The van der Waals surface area contributed by atoms with Gasteiger partial charge in [-0.3, -0.25) is 0 Å². The number of halogens is 1. The van der Waals surface area contributed by atoms with E-state index in [2.05, 4.69) is 16.2 Å². The third-order valence-corrected chi connectivity index (χ3v) is 8.38. The van der Waals surface area contributed by atoms with Crippen LogP contribution >= 0.6 is 11.6 Å². The van der Waals surface area contributed by atoms with Gasteiger partial charge in [0.15, 0.2) is 0 Å². The van der Waals surface area contributed by atoms with Crippen molar-refractivity contribution in [3.63, 3.8) is 0 Å². The topological polar surface area (TPSA) is 92.5 Å². The van der Waals surface area contributed by atoms with Gasteiger partial charge in [0, 0.05) is 12.6 Å². The Morgan fingerprint density at radius 2 is 1.59 bits per heavy atom. The third kappa shape index (κ3) is 5.72. The van der Waals surface area contributed by atoms with E-state index in [0.29, 0.717) is 34.3 Å². The smallest absolute Gasteiger partial charge is 0.338 e. The van der Waals surface area contributed by atoms with Gasteiger partial charge in [-0.25, -0.2) is 19.6 Å². The Balaban J connectivity index is 1.27. The van der Waals surface area contributed by atoms with Gasteiger partial charge in [0.1, 0.15) is 42.2 Å². The van der Waals surface area contributed by atoms with Gasteiger partial charge in [0.05, 0.1) is 16.5 Å². The van der Waals surface area contributed by atoms with Gasteiger partial charge in [0.2, 0.25) is 0 Å². The minimum Gasteiger partial charge on any atom is -0.459 e. The standard InChI is InChI=1S/C32H32ClN3O5/c1-19-7-11-22(12-8-19)31(37)39-17-26-25(41-32(38)23-13-9-20(2)10-14-23)15-27(40-26)36-16-24(21-5-3-4-6-21)28-29(33)34-18-35-30(28)36/h7-14,16,18,21,25-27H,3-6,15,17H2,1-2H3/t25-,26+,27+/m0/s1. The van der Waals surface area contributed by atoms with Crippen LogP contribution in [0.2, 0.25) is 5.15 Å². The lowest BCUT2D eigenvalue weighted by molar-refractivity contribution is -0.0562. The molecule has 0 unspecified atom stereocenters. The maximum absolute atomic E-state index is 13.1. The molecule has 0 N–H and O–H groups in total. The van der Waals surface area contributed by atoms with Crippen LogP contribution < -0.4 is 0 Å². The Hall–Kier alpha value is -3.75. The van der Waals surface area contributed by atoms with Gasteiger partial charge >= 0.3 is 11.9 Å². The minimum atomic E-state index is -0.673. The summed E-state index contributed by atoms with van der Waals surface area (Å²) in [5, 5.41) is 1.26. The van der Waals surface area contributed by atoms with E-state index in [9.17, 15) is 9.59 Å². The monoisotopic (exact) mass is 573 g/mol. The van der Waals surface area contributed by atoms with Crippen molar-refractivity contribution < 1.29 is 23.8 Å². The summed E-state index contributed by atoms with van der Waals surface area (Å²) in [7, 11) is 0. The van der Waals surface area contributed by atoms with Crippen LogP contribution in [-0.4, -0.2) is 45.3 Å². The number of carbonyl (C=O) groups is 2. The van der Waals surface area contributed by atoms with Crippen LogP contribution in [0.25, 0.3) is 11.0 Å². The van der Waals surface area contributed by atoms with E-state index in [1.165, 1.54) is 19.2 Å². The van der Waals surface area contributed by atoms with Crippen molar-refractivity contribution in [1.82, 2.24) is 14.5 Å². The zero-order chi connectivity index (χ0) is 28.5. The van der Waals surface area contributed by atoms with E-state index in [1.54, 1.807) is 24.3 Å². The highest BCUT2D eigenvalue weighted by molar-refractivity contribution is 6.34. The number of esters is 2. The number of nitrogens with zero attached hydrogens (tertiary/aromatic N) is 3. The maximum atomic E-state index is 13.1. The molecule has 3 heterocycles. The zero-order valence-electron chi connectivity index (χ0n) is 23.1. The fourth-order valence-electron chi connectivity index (χ4n) is 5.81. The number of aromatic nitrogens is 3. The van der Waals surface area contributed by atoms with Crippen LogP contribution in [0.15, 0.2) is 61.1 Å². The summed E-state index contributed by atoms with van der Waals surface area (Å²) < 4.78 is 20.0. The first-order valence-corrected chi connectivity index (χ1v) is 14.4. The highest BCUT2D eigenvalue weighted by atomic mass is 35.5. The molecule has 0 amide bonds. The molecule has 1 aliphatic heterocycles. The van der Waals surface area contributed by atoms with E-state index in [-0.39, 0.29) is 6.61 Å². The SMILES string of the molecule is Cc1ccc(C(=O)OC[C@H]2O[C@@H](n3cc(C4CCCC4)c4c(Cl)ncnc43)C[C@@H]2OC(=O)c2ccc(C)cc2)cc1. The van der Waals surface area contributed by atoms with Crippen LogP contribution in [0.1, 0.15) is 81.7 Å². The quantitative estimate of drug-likeness (QED) is 0.179. The first-order valence-electron chi connectivity index (χ1n) is 14.0. The average Bonchev–Trinajstić information content (AvgIpc) is 3.72. The van der Waals surface area contributed by atoms with E-state index >= 15 is 0 Å². The molecule has 2 fully saturated rings. The molecule has 2 aliphatic rings. The van der Waals surface area contributed by atoms with Gasteiger partial charge in [-0.15, -0.1) is 0 Å². The number of hydrogen-bond donors (Lipinski definition) is 0. The predicted molar refractivity (Wildman–Crippen MR) is 154 cm³/mol. The second kappa shape index (κ2) is 11.6. The number of hydrogen-bond acceptors (Lipinski definition) is 7. The van der Waals surface area contributed by atoms with Crippen molar-refractivity contribution in [1.29, 1.82) is 0 Å². The van der Waals surface area contributed by atoms with Crippen LogP contribution in [0.4, 0.5) is 0 Å². The molecule has 212 valence electrons. The molecule has 8 nitrogen and oxygen atoms in total. The van der Waals surface area contributed by atoms with Gasteiger partial charge < -0.3 is 18.8 Å². The molecule has 3 atom stereocenters. The normalized spacial score (nSPS) is 20.9. The molecule has 2 aromatic heterocycles. The molecule has 4 aromatic rings. The second-order valence-electron chi connectivity index (χ2n) is 11.0. The lowest BCUT2D eigenvalue weighted by Crippen LogP contribution is -2.32. The molecule has 1 aliphatic carbocycles. The van der Waals surface area contributed by atoms with Crippen LogP contribution in [0.3, 0.4) is 0 Å². The molecule has 2 aromatic carbocycles. The highest BCUT2D eigenvalue weighted by Gasteiger charge is 2.41. The molecule has 0 spiro atoms. The van der Waals surface area contributed by atoms with E-state index in [0.717, 1.165) is 34.9 Å². The van der Waals surface area contributed by atoms with E-state index in [1.807, 2.05) is 42.7 Å². The number of fused-ring (bicyclic) bond motifs is 1. The fraction of sp³-hybridized carbons (Fsp3) is 0.375. The molecule has 0 radical (unpaired) electrons. The number of benzene rings is 2. The second-order valence-corrected chi connectivity index (χ2v) is 11.3. The molecule has 1 saturated carbocycles. The van der Waals surface area contributed by atoms with Crippen LogP contribution in [0, 0.1) is 13.8 Å². The number of rotatable bonds is 7. The Morgan fingerprint density at radius 3 is 2.24 bits per heavy atom. The molecular weight excluding hydrogens is 542 g/mol. The summed E-state index contributed by atoms with van der Waals surface area (Å²) in [6.07, 6.45) is 6.57. The Bertz CT molecular complexity index is 1560. The molecule has 9 heteroatoms. The van der Waals surface area contributed by atoms with Crippen LogP contribution in [-0.2, 0) is 14.2 Å². The van der Waals surface area contributed by atoms with Gasteiger partial charge in [-0.2, -0.15) is 0 Å².